The van der Waals surface area contributed by atoms with Crippen molar-refractivity contribution in [2.75, 3.05) is 0 Å². The van der Waals surface area contributed by atoms with Crippen molar-refractivity contribution in [3.05, 3.63) is 0 Å². The standard InChI is InChI=1S/C22H34S2/c1-19(2)15-7-10-22(19,6)18(13-15)24-12-11-23-17-14-21(5)9-8-16(17)20(21,3)4/h15-18H,7-10,13-14H2,1-6H3/t15-,16+,17-,18-,21-,22+/m0/s1. The molecule has 4 fully saturated rings. The van der Waals surface area contributed by atoms with E-state index in [-0.39, 0.29) is 0 Å². The number of thioether (sulfide) groups is 2. The first-order valence-electron chi connectivity index (χ1n) is 9.93. The van der Waals surface area contributed by atoms with Crippen LogP contribution in [0.4, 0.5) is 0 Å². The lowest BCUT2D eigenvalue weighted by Crippen LogP contribution is -2.33. The smallest absolute Gasteiger partial charge is 0.0233 e. The molecule has 4 saturated carbocycles. The summed E-state index contributed by atoms with van der Waals surface area (Å²) < 4.78 is 0. The Morgan fingerprint density at radius 3 is 2.04 bits per heavy atom. The number of hydrogen-bond acceptors (Lipinski definition) is 2. The summed E-state index contributed by atoms with van der Waals surface area (Å²) in [6.07, 6.45) is 8.48. The number of hydrogen-bond donors (Lipinski definition) is 0. The molecule has 4 rings (SSSR count). The van der Waals surface area contributed by atoms with Crippen molar-refractivity contribution in [3.63, 3.8) is 0 Å². The molecule has 0 aliphatic heterocycles. The minimum absolute atomic E-state index is 0.504. The van der Waals surface area contributed by atoms with Gasteiger partial charge in [0.2, 0.25) is 0 Å². The molecule has 0 spiro atoms. The lowest BCUT2D eigenvalue weighted by Gasteiger charge is -2.38. The van der Waals surface area contributed by atoms with Crippen LogP contribution in [0, 0.1) is 44.0 Å². The van der Waals surface area contributed by atoms with Crippen LogP contribution in [0.1, 0.15) is 80.1 Å². The average Bonchev–Trinajstić information content (AvgIpc) is 3.01. The Morgan fingerprint density at radius 2 is 1.54 bits per heavy atom. The molecule has 0 saturated heterocycles. The molecule has 0 heterocycles. The molecule has 4 aliphatic carbocycles. The first-order valence-corrected chi connectivity index (χ1v) is 11.7. The highest BCUT2D eigenvalue weighted by molar-refractivity contribution is 8.07. The molecular formula is C22H34S2. The minimum atomic E-state index is 0.504. The third-order valence-corrected chi connectivity index (χ3v) is 12.1. The van der Waals surface area contributed by atoms with E-state index in [1.165, 1.54) is 38.5 Å². The van der Waals surface area contributed by atoms with Gasteiger partial charge in [-0.3, -0.25) is 0 Å². The summed E-state index contributed by atoms with van der Waals surface area (Å²) in [5, 5.41) is 8.59. The van der Waals surface area contributed by atoms with Gasteiger partial charge < -0.3 is 0 Å². The second kappa shape index (κ2) is 5.39. The van der Waals surface area contributed by atoms with Crippen LogP contribution in [0.15, 0.2) is 0 Å². The SMILES string of the molecule is CC1(C)[C@@H]2CC[C@@]1(C)C[C@@H]2SC#CS[C@H]1C[C@@H]2CC[C@@]1(C)C2(C)C. The van der Waals surface area contributed by atoms with E-state index in [9.17, 15) is 0 Å². The predicted molar refractivity (Wildman–Crippen MR) is 109 cm³/mol. The molecule has 0 aromatic heterocycles. The van der Waals surface area contributed by atoms with Crippen LogP contribution in [0.5, 0.6) is 0 Å². The molecule has 0 amide bonds. The summed E-state index contributed by atoms with van der Waals surface area (Å²) in [5.41, 5.74) is 2.10. The number of rotatable bonds is 2. The average molecular weight is 363 g/mol. The third-order valence-electron chi connectivity index (χ3n) is 9.76. The summed E-state index contributed by atoms with van der Waals surface area (Å²) in [5.74, 6) is 1.81. The second-order valence-electron chi connectivity index (χ2n) is 10.7. The highest BCUT2D eigenvalue weighted by Crippen LogP contribution is 2.69. The predicted octanol–water partition coefficient (Wildman–Crippen LogP) is 6.80. The van der Waals surface area contributed by atoms with E-state index < -0.39 is 0 Å². The first-order chi connectivity index (χ1) is 11.1. The first kappa shape index (κ1) is 17.7. The largest absolute Gasteiger partial charge is 0.0704 e. The maximum absolute atomic E-state index is 3.53. The van der Waals surface area contributed by atoms with Crippen molar-refractivity contribution in [1.82, 2.24) is 0 Å². The zero-order chi connectivity index (χ0) is 17.4. The van der Waals surface area contributed by atoms with Crippen LogP contribution >= 0.6 is 23.5 Å². The fraction of sp³-hybridized carbons (Fsp3) is 0.909. The van der Waals surface area contributed by atoms with Gasteiger partial charge in [0.1, 0.15) is 0 Å². The molecule has 4 bridgehead atoms. The van der Waals surface area contributed by atoms with E-state index in [0.717, 1.165) is 22.3 Å². The topological polar surface area (TPSA) is 0 Å². The van der Waals surface area contributed by atoms with Gasteiger partial charge in [0, 0.05) is 10.5 Å². The van der Waals surface area contributed by atoms with Crippen LogP contribution < -0.4 is 0 Å². The van der Waals surface area contributed by atoms with Crippen molar-refractivity contribution in [2.45, 2.75) is 90.6 Å². The Kier molecular flexibility index (Phi) is 3.96. The molecule has 0 N–H and O–H groups in total. The van der Waals surface area contributed by atoms with E-state index in [0.29, 0.717) is 21.7 Å². The van der Waals surface area contributed by atoms with Gasteiger partial charge in [-0.2, -0.15) is 0 Å². The molecule has 6 atom stereocenters. The number of fused-ring (bicyclic) bond motifs is 4. The molecular weight excluding hydrogens is 328 g/mol. The monoisotopic (exact) mass is 362 g/mol. The van der Waals surface area contributed by atoms with Gasteiger partial charge in [-0.15, -0.1) is 0 Å². The molecule has 0 aromatic rings. The maximum atomic E-state index is 3.53. The summed E-state index contributed by atoms with van der Waals surface area (Å²) >= 11 is 3.94. The summed E-state index contributed by atoms with van der Waals surface area (Å²) in [6.45, 7) is 15.1. The van der Waals surface area contributed by atoms with Gasteiger partial charge in [-0.25, -0.2) is 0 Å². The maximum Gasteiger partial charge on any atom is 0.0233 e. The molecule has 0 radical (unpaired) electrons. The summed E-state index contributed by atoms with van der Waals surface area (Å²) in [7, 11) is 0. The Hall–Kier alpha value is 0.260. The molecule has 0 aromatic carbocycles. The zero-order valence-corrected chi connectivity index (χ0v) is 18.0. The van der Waals surface area contributed by atoms with E-state index in [1.54, 1.807) is 0 Å². The lowest BCUT2D eigenvalue weighted by molar-refractivity contribution is 0.152. The Balaban J connectivity index is 1.37. The van der Waals surface area contributed by atoms with Crippen LogP contribution in [-0.4, -0.2) is 10.5 Å². The normalized spacial score (nSPS) is 50.1. The van der Waals surface area contributed by atoms with Crippen LogP contribution in [0.2, 0.25) is 0 Å². The fourth-order valence-electron chi connectivity index (χ4n) is 6.83. The highest BCUT2D eigenvalue weighted by atomic mass is 32.2. The van der Waals surface area contributed by atoms with Crippen molar-refractivity contribution in [3.8, 4) is 10.5 Å². The van der Waals surface area contributed by atoms with Crippen LogP contribution in [0.25, 0.3) is 0 Å². The summed E-state index contributed by atoms with van der Waals surface area (Å²) in [6, 6.07) is 0. The van der Waals surface area contributed by atoms with Gasteiger partial charge >= 0.3 is 0 Å². The van der Waals surface area contributed by atoms with E-state index >= 15 is 0 Å². The Morgan fingerprint density at radius 1 is 0.833 bits per heavy atom. The Labute approximate surface area is 158 Å². The van der Waals surface area contributed by atoms with Gasteiger partial charge in [-0.1, -0.05) is 65.1 Å². The lowest BCUT2D eigenvalue weighted by atomic mass is 9.71. The van der Waals surface area contributed by atoms with E-state index in [1.807, 2.05) is 23.5 Å². The Bertz CT molecular complexity index is 592. The van der Waals surface area contributed by atoms with E-state index in [4.69, 9.17) is 0 Å². The van der Waals surface area contributed by atoms with Crippen molar-refractivity contribution in [1.29, 1.82) is 0 Å². The van der Waals surface area contributed by atoms with Crippen LogP contribution in [0.3, 0.4) is 0 Å². The van der Waals surface area contributed by atoms with E-state index in [2.05, 4.69) is 52.0 Å². The summed E-state index contributed by atoms with van der Waals surface area (Å²) in [4.78, 5) is 0. The van der Waals surface area contributed by atoms with Crippen molar-refractivity contribution >= 4 is 23.5 Å². The van der Waals surface area contributed by atoms with Gasteiger partial charge in [0.05, 0.1) is 0 Å². The molecule has 0 unspecified atom stereocenters. The molecule has 0 nitrogen and oxygen atoms in total. The molecule has 2 heteroatoms. The van der Waals surface area contributed by atoms with Crippen LogP contribution in [-0.2, 0) is 0 Å². The molecule has 24 heavy (non-hydrogen) atoms. The second-order valence-corrected chi connectivity index (χ2v) is 12.8. The quantitative estimate of drug-likeness (QED) is 0.495. The highest BCUT2D eigenvalue weighted by Gasteiger charge is 2.62. The zero-order valence-electron chi connectivity index (χ0n) is 16.4. The molecule has 4 aliphatic rings. The minimum Gasteiger partial charge on any atom is -0.0704 e. The molecule has 134 valence electrons. The van der Waals surface area contributed by atoms with Crippen molar-refractivity contribution in [2.24, 2.45) is 33.5 Å². The van der Waals surface area contributed by atoms with Gasteiger partial charge in [-0.05, 0) is 82.5 Å². The van der Waals surface area contributed by atoms with Gasteiger partial charge in [0.15, 0.2) is 0 Å². The fourth-order valence-corrected chi connectivity index (χ4v) is 9.61. The third kappa shape index (κ3) is 2.16. The van der Waals surface area contributed by atoms with Gasteiger partial charge in [0.25, 0.3) is 0 Å². The van der Waals surface area contributed by atoms with Crippen molar-refractivity contribution < 1.29 is 0 Å².